The second kappa shape index (κ2) is 15.6. The predicted octanol–water partition coefficient (Wildman–Crippen LogP) is 3.97. The third-order valence-electron chi connectivity index (χ3n) is 9.17. The Bertz CT molecular complexity index is 1660. The first kappa shape index (κ1) is 36.2. The number of hydrogen-bond donors (Lipinski definition) is 4. The van der Waals surface area contributed by atoms with E-state index in [1.165, 1.54) is 14.0 Å². The normalized spacial score (nSPS) is 16.8. The van der Waals surface area contributed by atoms with E-state index in [1.807, 2.05) is 43.3 Å². The number of nitrogens with zero attached hydrogens (tertiary/aromatic N) is 1. The van der Waals surface area contributed by atoms with E-state index in [0.29, 0.717) is 60.7 Å². The molecule has 2 aliphatic rings. The molecule has 12 nitrogen and oxygen atoms in total. The lowest BCUT2D eigenvalue weighted by Gasteiger charge is -2.36. The van der Waals surface area contributed by atoms with Gasteiger partial charge in [0.15, 0.2) is 17.1 Å². The van der Waals surface area contributed by atoms with E-state index in [9.17, 15) is 24.9 Å². The molecule has 2 aliphatic heterocycles. The molecule has 0 bridgehead atoms. The number of fused-ring (bicyclic) bond motifs is 1. The summed E-state index contributed by atoms with van der Waals surface area (Å²) >= 11 is 6.70. The molecule has 2 heterocycles. The second-order valence-electron chi connectivity index (χ2n) is 12.5. The number of carbonyl (C=O) groups is 2. The van der Waals surface area contributed by atoms with Gasteiger partial charge in [-0.2, -0.15) is 0 Å². The maximum absolute atomic E-state index is 12.0. The molecule has 0 saturated carbocycles. The van der Waals surface area contributed by atoms with Crippen LogP contribution in [0.2, 0.25) is 5.02 Å². The van der Waals surface area contributed by atoms with Crippen LogP contribution in [0.15, 0.2) is 48.5 Å². The van der Waals surface area contributed by atoms with Gasteiger partial charge in [-0.05, 0) is 67.1 Å². The molecule has 0 amide bonds. The minimum absolute atomic E-state index is 0.0469. The van der Waals surface area contributed by atoms with E-state index in [1.54, 1.807) is 12.1 Å². The lowest BCUT2D eigenvalue weighted by Crippen LogP contribution is -2.52. The third kappa shape index (κ3) is 8.39. The Balaban J connectivity index is 1.31. The highest BCUT2D eigenvalue weighted by molar-refractivity contribution is 6.32. The maximum atomic E-state index is 12.0. The number of ether oxygens (including phenoxy) is 5. The Morgan fingerprint density at radius 2 is 1.76 bits per heavy atom. The molecule has 0 radical (unpaired) electrons. The van der Waals surface area contributed by atoms with E-state index >= 15 is 0 Å². The molecule has 4 N–H and O–H groups in total. The fourth-order valence-electron chi connectivity index (χ4n) is 5.79. The van der Waals surface area contributed by atoms with Crippen LogP contribution in [0.25, 0.3) is 11.1 Å². The monoisotopic (exact) mass is 698 g/mol. The van der Waals surface area contributed by atoms with Crippen LogP contribution in [-0.2, 0) is 27.5 Å². The third-order valence-corrected chi connectivity index (χ3v) is 9.46. The van der Waals surface area contributed by atoms with Crippen LogP contribution < -0.4 is 24.3 Å². The standard InChI is InChI=1S/C36H43ClN2O10/c1-23-25(5-4-6-27(23)24-7-8-29-32(18-24)48-16-15-47-29)21-49-31-19-30(26(17-28(31)37)20-38-35(2,22-40)33(41)42)46-14-13-39-11-9-36(44,10-12-39)34(43)45-3/h4-8,17-19,38,40,44H,9-16,20-22H2,1-3H3,(H,41,42). The summed E-state index contributed by atoms with van der Waals surface area (Å²) in [5, 5.41) is 33.1. The van der Waals surface area contributed by atoms with E-state index in [-0.39, 0.29) is 32.6 Å². The highest BCUT2D eigenvalue weighted by Gasteiger charge is 2.40. The molecular weight excluding hydrogens is 656 g/mol. The number of piperidine rings is 1. The number of methoxy groups -OCH3 is 1. The molecule has 1 atom stereocenters. The highest BCUT2D eigenvalue weighted by atomic mass is 35.5. The Hall–Kier alpha value is -4.07. The zero-order chi connectivity index (χ0) is 35.2. The zero-order valence-electron chi connectivity index (χ0n) is 27.9. The molecule has 3 aromatic carbocycles. The molecule has 49 heavy (non-hydrogen) atoms. The Labute approximate surface area is 290 Å². The summed E-state index contributed by atoms with van der Waals surface area (Å²) in [6, 6.07) is 15.2. The summed E-state index contributed by atoms with van der Waals surface area (Å²) in [6.45, 7) is 5.84. The molecule has 1 saturated heterocycles. The van der Waals surface area contributed by atoms with E-state index in [4.69, 9.17) is 35.3 Å². The lowest BCUT2D eigenvalue weighted by molar-refractivity contribution is -0.167. The SMILES string of the molecule is COC(=O)C1(O)CCN(CCOc2cc(OCc3cccc(-c4ccc5c(c4)OCCO5)c3C)c(Cl)cc2CNC(C)(CO)C(=O)O)CC1. The molecule has 0 spiro atoms. The van der Waals surface area contributed by atoms with E-state index in [2.05, 4.69) is 10.2 Å². The fourth-order valence-corrected chi connectivity index (χ4v) is 6.03. The molecule has 0 aromatic heterocycles. The van der Waals surface area contributed by atoms with Gasteiger partial charge in [0.05, 0.1) is 18.7 Å². The summed E-state index contributed by atoms with van der Waals surface area (Å²) in [5.41, 5.74) is 1.52. The van der Waals surface area contributed by atoms with Gasteiger partial charge in [-0.1, -0.05) is 35.9 Å². The van der Waals surface area contributed by atoms with Crippen molar-refractivity contribution >= 4 is 23.5 Å². The number of aliphatic hydroxyl groups excluding tert-OH is 1. The largest absolute Gasteiger partial charge is 0.492 e. The number of halogens is 1. The number of benzene rings is 3. The average Bonchev–Trinajstić information content (AvgIpc) is 3.11. The van der Waals surface area contributed by atoms with Gasteiger partial charge >= 0.3 is 11.9 Å². The number of aliphatic carboxylic acids is 1. The van der Waals surface area contributed by atoms with Gasteiger partial charge in [-0.3, -0.25) is 15.0 Å². The highest BCUT2D eigenvalue weighted by Crippen LogP contribution is 2.37. The van der Waals surface area contributed by atoms with Crippen molar-refractivity contribution in [3.05, 3.63) is 70.2 Å². The zero-order valence-corrected chi connectivity index (χ0v) is 28.7. The number of nitrogens with one attached hydrogen (secondary N) is 1. The summed E-state index contributed by atoms with van der Waals surface area (Å²) < 4.78 is 28.7. The predicted molar refractivity (Wildman–Crippen MR) is 181 cm³/mol. The first-order valence-corrected chi connectivity index (χ1v) is 16.5. The maximum Gasteiger partial charge on any atom is 0.337 e. The van der Waals surface area contributed by atoms with Gasteiger partial charge in [0.25, 0.3) is 0 Å². The summed E-state index contributed by atoms with van der Waals surface area (Å²) in [6.07, 6.45) is 0.496. The molecule has 1 fully saturated rings. The van der Waals surface area contributed by atoms with Crippen LogP contribution in [0.5, 0.6) is 23.0 Å². The van der Waals surface area contributed by atoms with Crippen molar-refractivity contribution in [1.29, 1.82) is 0 Å². The van der Waals surface area contributed by atoms with Crippen molar-refractivity contribution in [3.8, 4) is 34.1 Å². The Kier molecular flexibility index (Phi) is 11.6. The number of aliphatic hydroxyl groups is 2. The van der Waals surface area contributed by atoms with Crippen LogP contribution in [0.1, 0.15) is 36.5 Å². The molecule has 0 aliphatic carbocycles. The van der Waals surface area contributed by atoms with Gasteiger partial charge in [0.2, 0.25) is 0 Å². The van der Waals surface area contributed by atoms with Gasteiger partial charge in [0.1, 0.15) is 43.5 Å². The quantitative estimate of drug-likeness (QED) is 0.180. The smallest absolute Gasteiger partial charge is 0.337 e. The molecular formula is C36H43ClN2O10. The number of carbonyl (C=O) groups excluding carboxylic acids is 1. The van der Waals surface area contributed by atoms with Crippen molar-refractivity contribution in [2.24, 2.45) is 0 Å². The van der Waals surface area contributed by atoms with Crippen LogP contribution in [-0.4, -0.2) is 96.5 Å². The Morgan fingerprint density at radius 3 is 2.45 bits per heavy atom. The van der Waals surface area contributed by atoms with Crippen LogP contribution >= 0.6 is 11.6 Å². The Morgan fingerprint density at radius 1 is 1.02 bits per heavy atom. The van der Waals surface area contributed by atoms with Gasteiger partial charge < -0.3 is 39.0 Å². The molecule has 264 valence electrons. The van der Waals surface area contributed by atoms with Gasteiger partial charge in [-0.25, -0.2) is 4.79 Å². The lowest BCUT2D eigenvalue weighted by atomic mass is 9.91. The topological polar surface area (TPSA) is 156 Å². The molecule has 3 aromatic rings. The van der Waals surface area contributed by atoms with Crippen molar-refractivity contribution in [2.75, 3.05) is 53.2 Å². The number of esters is 1. The second-order valence-corrected chi connectivity index (χ2v) is 12.9. The fraction of sp³-hybridized carbons (Fsp3) is 0.444. The molecule has 13 heteroatoms. The summed E-state index contributed by atoms with van der Waals surface area (Å²) in [7, 11) is 1.26. The first-order chi connectivity index (χ1) is 23.5. The van der Waals surface area contributed by atoms with Crippen LogP contribution in [0.3, 0.4) is 0 Å². The number of carboxylic acids is 1. The average molecular weight is 699 g/mol. The summed E-state index contributed by atoms with van der Waals surface area (Å²) in [4.78, 5) is 25.8. The molecule has 5 rings (SSSR count). The van der Waals surface area contributed by atoms with Gasteiger partial charge in [-0.15, -0.1) is 0 Å². The van der Waals surface area contributed by atoms with E-state index < -0.39 is 29.7 Å². The van der Waals surface area contributed by atoms with Crippen molar-refractivity contribution in [2.45, 2.75) is 51.0 Å². The summed E-state index contributed by atoms with van der Waals surface area (Å²) in [5.74, 6) is 0.426. The van der Waals surface area contributed by atoms with E-state index in [0.717, 1.165) is 28.0 Å². The van der Waals surface area contributed by atoms with Crippen molar-refractivity contribution in [1.82, 2.24) is 10.2 Å². The number of likely N-dealkylation sites (tertiary alicyclic amines) is 1. The number of rotatable bonds is 14. The van der Waals surface area contributed by atoms with Crippen LogP contribution in [0.4, 0.5) is 0 Å². The van der Waals surface area contributed by atoms with Crippen molar-refractivity contribution in [3.63, 3.8) is 0 Å². The minimum atomic E-state index is -1.58. The van der Waals surface area contributed by atoms with Gasteiger partial charge in [0, 0.05) is 37.8 Å². The minimum Gasteiger partial charge on any atom is -0.492 e. The molecule has 1 unspecified atom stereocenters. The number of carboxylic acid groups (broad SMARTS) is 1. The van der Waals surface area contributed by atoms with Crippen molar-refractivity contribution < 1.29 is 48.6 Å². The first-order valence-electron chi connectivity index (χ1n) is 16.2. The number of hydrogen-bond acceptors (Lipinski definition) is 11. The van der Waals surface area contributed by atoms with Crippen LogP contribution in [0, 0.1) is 6.92 Å².